The highest BCUT2D eigenvalue weighted by atomic mass is 19.1. The number of halogens is 2. The number of nitrogens with zero attached hydrogens (tertiary/aromatic N) is 2. The number of nitrogens with one attached hydrogen (secondary N) is 1. The topological polar surface area (TPSA) is 45.2 Å². The SMILES string of the molecule is CN(C)C(=O)C1(CNc2ccnc3c(F)cc(F)cc23)CCCC1. The van der Waals surface area contributed by atoms with E-state index in [4.69, 9.17) is 0 Å². The minimum Gasteiger partial charge on any atom is -0.383 e. The molecular formula is C18H21F2N3O. The summed E-state index contributed by atoms with van der Waals surface area (Å²) < 4.78 is 27.5. The molecule has 0 atom stereocenters. The molecular weight excluding hydrogens is 312 g/mol. The molecule has 1 saturated carbocycles. The molecule has 1 aliphatic rings. The number of pyridine rings is 1. The van der Waals surface area contributed by atoms with Crippen LogP contribution in [0.3, 0.4) is 0 Å². The molecule has 1 aromatic carbocycles. The minimum atomic E-state index is -0.686. The fourth-order valence-corrected chi connectivity index (χ4v) is 3.59. The first-order chi connectivity index (χ1) is 11.4. The lowest BCUT2D eigenvalue weighted by Gasteiger charge is -2.31. The van der Waals surface area contributed by atoms with E-state index in [1.165, 1.54) is 12.3 Å². The van der Waals surface area contributed by atoms with Crippen molar-refractivity contribution in [1.29, 1.82) is 0 Å². The summed E-state index contributed by atoms with van der Waals surface area (Å²) in [6, 6.07) is 3.78. The maximum absolute atomic E-state index is 13.9. The van der Waals surface area contributed by atoms with Crippen LogP contribution in [0.5, 0.6) is 0 Å². The third-order valence-corrected chi connectivity index (χ3v) is 4.80. The summed E-state index contributed by atoms with van der Waals surface area (Å²) in [6.45, 7) is 0.446. The summed E-state index contributed by atoms with van der Waals surface area (Å²) in [5.74, 6) is -1.23. The number of carbonyl (C=O) groups excluding carboxylic acids is 1. The van der Waals surface area contributed by atoms with Gasteiger partial charge in [0.05, 0.1) is 5.41 Å². The van der Waals surface area contributed by atoms with Crippen LogP contribution in [0, 0.1) is 17.0 Å². The summed E-state index contributed by atoms with van der Waals surface area (Å²) in [6.07, 6.45) is 5.16. The first-order valence-corrected chi connectivity index (χ1v) is 8.12. The number of fused-ring (bicyclic) bond motifs is 1. The van der Waals surface area contributed by atoms with Gasteiger partial charge < -0.3 is 10.2 Å². The zero-order valence-electron chi connectivity index (χ0n) is 13.9. The Morgan fingerprint density at radius 3 is 2.67 bits per heavy atom. The summed E-state index contributed by atoms with van der Waals surface area (Å²) in [5.41, 5.74) is 0.266. The highest BCUT2D eigenvalue weighted by Crippen LogP contribution is 2.40. The van der Waals surface area contributed by atoms with Crippen molar-refractivity contribution in [3.63, 3.8) is 0 Å². The molecule has 0 saturated heterocycles. The monoisotopic (exact) mass is 333 g/mol. The second-order valence-electron chi connectivity index (χ2n) is 6.68. The van der Waals surface area contributed by atoms with E-state index >= 15 is 0 Å². The average molecular weight is 333 g/mol. The zero-order chi connectivity index (χ0) is 17.3. The highest BCUT2D eigenvalue weighted by Gasteiger charge is 2.41. The first-order valence-electron chi connectivity index (χ1n) is 8.12. The molecule has 6 heteroatoms. The highest BCUT2D eigenvalue weighted by molar-refractivity contribution is 5.92. The molecule has 0 aliphatic heterocycles. The summed E-state index contributed by atoms with van der Waals surface area (Å²) in [5, 5.41) is 3.63. The van der Waals surface area contributed by atoms with Crippen LogP contribution >= 0.6 is 0 Å². The van der Waals surface area contributed by atoms with Crippen molar-refractivity contribution in [1.82, 2.24) is 9.88 Å². The van der Waals surface area contributed by atoms with Crippen molar-refractivity contribution in [2.24, 2.45) is 5.41 Å². The summed E-state index contributed by atoms with van der Waals surface area (Å²) >= 11 is 0. The molecule has 1 fully saturated rings. The molecule has 24 heavy (non-hydrogen) atoms. The number of hydrogen-bond acceptors (Lipinski definition) is 3. The molecule has 1 aromatic heterocycles. The van der Waals surface area contributed by atoms with Crippen molar-refractivity contribution >= 4 is 22.5 Å². The van der Waals surface area contributed by atoms with Crippen LogP contribution in [0.1, 0.15) is 25.7 Å². The van der Waals surface area contributed by atoms with Gasteiger partial charge in [0.1, 0.15) is 11.3 Å². The predicted octanol–water partition coefficient (Wildman–Crippen LogP) is 3.57. The van der Waals surface area contributed by atoms with Crippen molar-refractivity contribution in [2.45, 2.75) is 25.7 Å². The third kappa shape index (κ3) is 2.92. The second kappa shape index (κ2) is 6.34. The number of aromatic nitrogens is 1. The van der Waals surface area contributed by atoms with E-state index in [0.717, 1.165) is 31.7 Å². The van der Waals surface area contributed by atoms with Gasteiger partial charge in [-0.15, -0.1) is 0 Å². The maximum Gasteiger partial charge on any atom is 0.230 e. The molecule has 1 aliphatic carbocycles. The Morgan fingerprint density at radius 2 is 2.00 bits per heavy atom. The Kier molecular flexibility index (Phi) is 4.39. The van der Waals surface area contributed by atoms with Crippen LogP contribution in [0.2, 0.25) is 0 Å². The Bertz CT molecular complexity index is 770. The minimum absolute atomic E-state index is 0.100. The van der Waals surface area contributed by atoms with E-state index in [1.807, 2.05) is 0 Å². The smallest absolute Gasteiger partial charge is 0.230 e. The molecule has 1 amide bonds. The molecule has 1 heterocycles. The van der Waals surface area contributed by atoms with Gasteiger partial charge in [-0.2, -0.15) is 0 Å². The average Bonchev–Trinajstić information content (AvgIpc) is 3.02. The van der Waals surface area contributed by atoms with E-state index in [2.05, 4.69) is 10.3 Å². The second-order valence-corrected chi connectivity index (χ2v) is 6.68. The number of amides is 1. The van der Waals surface area contributed by atoms with Crippen LogP contribution in [0.15, 0.2) is 24.4 Å². The van der Waals surface area contributed by atoms with Gasteiger partial charge >= 0.3 is 0 Å². The Hall–Kier alpha value is -2.24. The van der Waals surface area contributed by atoms with Crippen LogP contribution in [0.25, 0.3) is 10.9 Å². The molecule has 0 bridgehead atoms. The largest absolute Gasteiger partial charge is 0.383 e. The fraction of sp³-hybridized carbons (Fsp3) is 0.444. The van der Waals surface area contributed by atoms with Gasteiger partial charge in [0.2, 0.25) is 5.91 Å². The number of anilines is 1. The van der Waals surface area contributed by atoms with Gasteiger partial charge in [-0.1, -0.05) is 12.8 Å². The lowest BCUT2D eigenvalue weighted by atomic mass is 9.84. The Labute approximate surface area is 139 Å². The Morgan fingerprint density at radius 1 is 1.29 bits per heavy atom. The normalized spacial score (nSPS) is 16.3. The standard InChI is InChI=1S/C18H21F2N3O/c1-23(2)17(24)18(6-3-4-7-18)11-22-15-5-8-21-16-13(15)9-12(19)10-14(16)20/h5,8-10H,3-4,6-7,11H2,1-2H3,(H,21,22). The van der Waals surface area contributed by atoms with Gasteiger partial charge in [0.15, 0.2) is 5.82 Å². The van der Waals surface area contributed by atoms with Crippen molar-refractivity contribution < 1.29 is 13.6 Å². The Balaban J connectivity index is 1.91. The van der Waals surface area contributed by atoms with Crippen molar-refractivity contribution in [2.75, 3.05) is 26.0 Å². The molecule has 2 aromatic rings. The van der Waals surface area contributed by atoms with Crippen LogP contribution in [0.4, 0.5) is 14.5 Å². The van der Waals surface area contributed by atoms with Crippen molar-refractivity contribution in [3.05, 3.63) is 36.0 Å². The lowest BCUT2D eigenvalue weighted by molar-refractivity contribution is -0.138. The predicted molar refractivity (Wildman–Crippen MR) is 89.7 cm³/mol. The van der Waals surface area contributed by atoms with E-state index in [-0.39, 0.29) is 11.4 Å². The van der Waals surface area contributed by atoms with E-state index < -0.39 is 17.0 Å². The first kappa shape index (κ1) is 16.6. The van der Waals surface area contributed by atoms with E-state index in [9.17, 15) is 13.6 Å². The van der Waals surface area contributed by atoms with Gasteiger partial charge in [-0.05, 0) is 25.0 Å². The molecule has 128 valence electrons. The van der Waals surface area contributed by atoms with Gasteiger partial charge in [0, 0.05) is 44.0 Å². The summed E-state index contributed by atoms with van der Waals surface area (Å²) in [4.78, 5) is 18.2. The summed E-state index contributed by atoms with van der Waals surface area (Å²) in [7, 11) is 3.52. The van der Waals surface area contributed by atoms with Gasteiger partial charge in [0.25, 0.3) is 0 Å². The van der Waals surface area contributed by atoms with E-state index in [0.29, 0.717) is 17.6 Å². The molecule has 3 rings (SSSR count). The molecule has 4 nitrogen and oxygen atoms in total. The number of carbonyl (C=O) groups is 1. The van der Waals surface area contributed by atoms with E-state index in [1.54, 1.807) is 25.1 Å². The number of hydrogen-bond donors (Lipinski definition) is 1. The number of benzene rings is 1. The zero-order valence-corrected chi connectivity index (χ0v) is 13.9. The fourth-order valence-electron chi connectivity index (χ4n) is 3.59. The lowest BCUT2D eigenvalue weighted by Crippen LogP contribution is -2.43. The molecule has 0 radical (unpaired) electrons. The third-order valence-electron chi connectivity index (χ3n) is 4.80. The molecule has 1 N–H and O–H groups in total. The van der Waals surface area contributed by atoms with Crippen LogP contribution in [-0.2, 0) is 4.79 Å². The van der Waals surface area contributed by atoms with Crippen molar-refractivity contribution in [3.8, 4) is 0 Å². The van der Waals surface area contributed by atoms with Crippen LogP contribution in [-0.4, -0.2) is 36.4 Å². The molecule has 0 unspecified atom stereocenters. The quantitative estimate of drug-likeness (QED) is 0.930. The number of rotatable bonds is 4. The maximum atomic E-state index is 13.9. The van der Waals surface area contributed by atoms with Crippen LogP contribution < -0.4 is 5.32 Å². The molecule has 0 spiro atoms. The van der Waals surface area contributed by atoms with Gasteiger partial charge in [-0.3, -0.25) is 9.78 Å². The van der Waals surface area contributed by atoms with Gasteiger partial charge in [-0.25, -0.2) is 8.78 Å².